The number of aldehydes is 1. The summed E-state index contributed by atoms with van der Waals surface area (Å²) in [7, 11) is 3.99. The van der Waals surface area contributed by atoms with Gasteiger partial charge in [-0.15, -0.1) is 0 Å². The molecule has 0 spiro atoms. The van der Waals surface area contributed by atoms with E-state index in [1.54, 1.807) is 0 Å². The van der Waals surface area contributed by atoms with E-state index in [-0.39, 0.29) is 5.69 Å². The van der Waals surface area contributed by atoms with E-state index in [9.17, 15) is 14.4 Å². The van der Waals surface area contributed by atoms with Crippen LogP contribution < -0.4 is 26.0 Å². The van der Waals surface area contributed by atoms with Gasteiger partial charge in [-0.3, -0.25) is 9.59 Å². The number of nitrogens with zero attached hydrogens (tertiary/aromatic N) is 2. The van der Waals surface area contributed by atoms with Crippen molar-refractivity contribution >= 4 is 23.3 Å². The fourth-order valence-electron chi connectivity index (χ4n) is 4.12. The van der Waals surface area contributed by atoms with Crippen LogP contribution in [0.25, 0.3) is 0 Å². The molecule has 180 valence electrons. The minimum absolute atomic E-state index is 0.262. The fraction of sp³-hybridized carbons (Fsp3) is 0.393. The van der Waals surface area contributed by atoms with E-state index in [4.69, 9.17) is 0 Å². The summed E-state index contributed by atoms with van der Waals surface area (Å²) in [6, 6.07) is 17.3. The molecule has 0 radical (unpaired) electrons. The van der Waals surface area contributed by atoms with Crippen molar-refractivity contribution in [3.05, 3.63) is 86.2 Å². The van der Waals surface area contributed by atoms with Crippen molar-refractivity contribution in [1.29, 1.82) is 0 Å². The molecule has 1 N–H and O–H groups in total. The van der Waals surface area contributed by atoms with E-state index in [0.717, 1.165) is 48.8 Å². The van der Waals surface area contributed by atoms with Gasteiger partial charge in [-0.25, -0.2) is 0 Å². The molecule has 0 aliphatic heterocycles. The molecule has 6 nitrogen and oxygen atoms in total. The molecule has 0 aromatic heterocycles. The van der Waals surface area contributed by atoms with Crippen molar-refractivity contribution < 1.29 is 4.79 Å². The van der Waals surface area contributed by atoms with Gasteiger partial charge in [0.25, 0.3) is 10.9 Å². The molecule has 3 aromatic rings. The van der Waals surface area contributed by atoms with Gasteiger partial charge in [-0.1, -0.05) is 68.7 Å². The van der Waals surface area contributed by atoms with Crippen molar-refractivity contribution in [3.63, 3.8) is 0 Å². The standard InChI is InChI=1S/C28H35N3O3/c1-4-5-6-10-17-31(19-22-13-15-24(16-14-22)30(2)3)26-25(27(33)28(26)34)29-23(20-32)18-21-11-8-7-9-12-21/h7-9,11-16,20,23,29H,4-6,10,17-19H2,1-3H3. The number of hydrogen-bond acceptors (Lipinski definition) is 6. The number of carbonyl (C=O) groups is 1. The van der Waals surface area contributed by atoms with Crippen molar-refractivity contribution in [1.82, 2.24) is 0 Å². The quantitative estimate of drug-likeness (QED) is 0.221. The second-order valence-corrected chi connectivity index (χ2v) is 9.00. The van der Waals surface area contributed by atoms with Crippen molar-refractivity contribution in [2.24, 2.45) is 0 Å². The van der Waals surface area contributed by atoms with E-state index in [2.05, 4.69) is 24.4 Å². The predicted molar refractivity (Wildman–Crippen MR) is 141 cm³/mol. The largest absolute Gasteiger partial charge is 0.378 e. The molecule has 0 bridgehead atoms. The smallest absolute Gasteiger partial charge is 0.253 e. The molecule has 0 amide bonds. The number of rotatable bonds is 14. The summed E-state index contributed by atoms with van der Waals surface area (Å²) < 4.78 is 0. The van der Waals surface area contributed by atoms with Gasteiger partial charge in [-0.2, -0.15) is 0 Å². The predicted octanol–water partition coefficient (Wildman–Crippen LogP) is 4.16. The second kappa shape index (κ2) is 12.2. The maximum absolute atomic E-state index is 12.7. The molecule has 0 aliphatic rings. The molecule has 3 aromatic carbocycles. The van der Waals surface area contributed by atoms with Crippen LogP contribution in [0, 0.1) is 0 Å². The topological polar surface area (TPSA) is 69.7 Å². The van der Waals surface area contributed by atoms with Crippen molar-refractivity contribution in [2.75, 3.05) is 35.8 Å². The van der Waals surface area contributed by atoms with E-state index in [0.29, 0.717) is 25.2 Å². The van der Waals surface area contributed by atoms with Crippen LogP contribution in [0.2, 0.25) is 0 Å². The zero-order valence-electron chi connectivity index (χ0n) is 20.4. The zero-order chi connectivity index (χ0) is 24.5. The molecule has 0 saturated carbocycles. The average molecular weight is 462 g/mol. The van der Waals surface area contributed by atoms with Gasteiger partial charge in [0.05, 0.1) is 6.04 Å². The Bertz CT molecular complexity index is 1120. The van der Waals surface area contributed by atoms with Gasteiger partial charge in [-0.05, 0) is 36.1 Å². The normalized spacial score (nSPS) is 11.9. The molecular formula is C28H35N3O3. The molecule has 0 fully saturated rings. The molecule has 6 heteroatoms. The molecular weight excluding hydrogens is 426 g/mol. The second-order valence-electron chi connectivity index (χ2n) is 9.00. The highest BCUT2D eigenvalue weighted by Crippen LogP contribution is 2.25. The number of benzene rings is 2. The lowest BCUT2D eigenvalue weighted by molar-refractivity contribution is -0.108. The van der Waals surface area contributed by atoms with Gasteiger partial charge in [0.15, 0.2) is 0 Å². The molecule has 0 aliphatic carbocycles. The molecule has 1 atom stereocenters. The van der Waals surface area contributed by atoms with Crippen LogP contribution in [0.4, 0.5) is 17.1 Å². The highest BCUT2D eigenvalue weighted by molar-refractivity contribution is 5.78. The first kappa shape index (κ1) is 25.2. The maximum atomic E-state index is 12.7. The Morgan fingerprint density at radius 2 is 1.59 bits per heavy atom. The Balaban J connectivity index is 1.82. The Kier molecular flexibility index (Phi) is 9.02. The highest BCUT2D eigenvalue weighted by atomic mass is 16.2. The van der Waals surface area contributed by atoms with E-state index < -0.39 is 16.9 Å². The Morgan fingerprint density at radius 1 is 0.882 bits per heavy atom. The van der Waals surface area contributed by atoms with Crippen LogP contribution in [0.5, 0.6) is 0 Å². The summed E-state index contributed by atoms with van der Waals surface area (Å²) in [6.07, 6.45) is 5.51. The third kappa shape index (κ3) is 6.34. The lowest BCUT2D eigenvalue weighted by Crippen LogP contribution is -2.44. The summed E-state index contributed by atoms with van der Waals surface area (Å²) in [5.74, 6) is 0. The van der Waals surface area contributed by atoms with E-state index in [1.807, 2.05) is 66.4 Å². The summed E-state index contributed by atoms with van der Waals surface area (Å²) >= 11 is 0. The van der Waals surface area contributed by atoms with Crippen molar-refractivity contribution in [2.45, 2.75) is 51.6 Å². The van der Waals surface area contributed by atoms with Crippen LogP contribution in [0.15, 0.2) is 64.2 Å². The van der Waals surface area contributed by atoms with Crippen LogP contribution in [-0.2, 0) is 17.8 Å². The third-order valence-electron chi connectivity index (χ3n) is 6.10. The van der Waals surface area contributed by atoms with Crippen LogP contribution in [-0.4, -0.2) is 33.0 Å². The number of carbonyl (C=O) groups excluding carboxylic acids is 1. The minimum atomic E-state index is -0.578. The lowest BCUT2D eigenvalue weighted by atomic mass is 10.0. The van der Waals surface area contributed by atoms with Crippen LogP contribution in [0.3, 0.4) is 0 Å². The monoisotopic (exact) mass is 461 g/mol. The first-order valence-electron chi connectivity index (χ1n) is 12.0. The summed E-state index contributed by atoms with van der Waals surface area (Å²) in [5, 5.41) is 3.07. The zero-order valence-corrected chi connectivity index (χ0v) is 20.4. The number of unbranched alkanes of at least 4 members (excludes halogenated alkanes) is 3. The van der Waals surface area contributed by atoms with E-state index >= 15 is 0 Å². The molecule has 0 saturated heterocycles. The Morgan fingerprint density at radius 3 is 2.21 bits per heavy atom. The summed E-state index contributed by atoms with van der Waals surface area (Å²) in [5.41, 5.74) is 2.80. The maximum Gasteiger partial charge on any atom is 0.253 e. The third-order valence-corrected chi connectivity index (χ3v) is 6.10. The summed E-state index contributed by atoms with van der Waals surface area (Å²) in [4.78, 5) is 41.0. The number of hydrogen-bond donors (Lipinski definition) is 1. The molecule has 0 heterocycles. The average Bonchev–Trinajstić information content (AvgIpc) is 2.86. The number of nitrogens with one attached hydrogen (secondary N) is 1. The first-order valence-corrected chi connectivity index (χ1v) is 12.0. The van der Waals surface area contributed by atoms with Crippen LogP contribution >= 0.6 is 0 Å². The van der Waals surface area contributed by atoms with Gasteiger partial charge in [0, 0.05) is 32.9 Å². The molecule has 1 unspecified atom stereocenters. The van der Waals surface area contributed by atoms with Gasteiger partial charge >= 0.3 is 0 Å². The van der Waals surface area contributed by atoms with Gasteiger partial charge in [0.2, 0.25) is 0 Å². The van der Waals surface area contributed by atoms with Gasteiger partial charge < -0.3 is 19.9 Å². The van der Waals surface area contributed by atoms with Crippen molar-refractivity contribution in [3.8, 4) is 0 Å². The summed E-state index contributed by atoms with van der Waals surface area (Å²) in [6.45, 7) is 3.37. The fourth-order valence-corrected chi connectivity index (χ4v) is 4.12. The first-order chi connectivity index (χ1) is 16.4. The SMILES string of the molecule is CCCCCCN(Cc1ccc(N(C)C)cc1)c1c(NC(C=O)Cc2ccccc2)c(=O)c1=O. The molecule has 34 heavy (non-hydrogen) atoms. The lowest BCUT2D eigenvalue weighted by Gasteiger charge is -2.29. The van der Waals surface area contributed by atoms with Crippen LogP contribution in [0.1, 0.15) is 43.7 Å². The minimum Gasteiger partial charge on any atom is -0.378 e. The number of anilines is 3. The molecule has 3 rings (SSSR count). The highest BCUT2D eigenvalue weighted by Gasteiger charge is 2.27. The Hall–Kier alpha value is -3.41. The Labute approximate surface area is 201 Å². The van der Waals surface area contributed by atoms with E-state index in [1.165, 1.54) is 0 Å². The van der Waals surface area contributed by atoms with Gasteiger partial charge in [0.1, 0.15) is 17.7 Å².